The van der Waals surface area contributed by atoms with Crippen molar-refractivity contribution >= 4 is 5.69 Å². The largest absolute Gasteiger partial charge is 0.384 e. The van der Waals surface area contributed by atoms with E-state index in [1.54, 1.807) is 0 Å². The molecule has 0 saturated carbocycles. The molecule has 0 aliphatic rings. The third-order valence-electron chi connectivity index (χ3n) is 2.03. The van der Waals surface area contributed by atoms with Gasteiger partial charge in [0.05, 0.1) is 0 Å². The SMILES string of the molecule is CC(C)(C)NCCNc1ccc(F)c(F)c1. The summed E-state index contributed by atoms with van der Waals surface area (Å²) in [5, 5.41) is 6.30. The number of hydrogen-bond donors (Lipinski definition) is 2. The normalized spacial score (nSPS) is 11.6. The van der Waals surface area contributed by atoms with Crippen molar-refractivity contribution in [3.63, 3.8) is 0 Å². The summed E-state index contributed by atoms with van der Waals surface area (Å²) >= 11 is 0. The van der Waals surface area contributed by atoms with Gasteiger partial charge < -0.3 is 10.6 Å². The highest BCUT2D eigenvalue weighted by Gasteiger charge is 2.07. The minimum atomic E-state index is -0.825. The second-order valence-corrected chi connectivity index (χ2v) is 4.73. The van der Waals surface area contributed by atoms with Gasteiger partial charge in [0.15, 0.2) is 11.6 Å². The lowest BCUT2D eigenvalue weighted by Crippen LogP contribution is -2.38. The first kappa shape index (κ1) is 12.9. The molecule has 0 fully saturated rings. The van der Waals surface area contributed by atoms with Gasteiger partial charge in [0, 0.05) is 24.3 Å². The second-order valence-electron chi connectivity index (χ2n) is 4.73. The summed E-state index contributed by atoms with van der Waals surface area (Å²) in [5.41, 5.74) is 0.657. The molecule has 0 radical (unpaired) electrons. The zero-order chi connectivity index (χ0) is 12.2. The van der Waals surface area contributed by atoms with Crippen LogP contribution in [0, 0.1) is 11.6 Å². The third-order valence-corrected chi connectivity index (χ3v) is 2.03. The van der Waals surface area contributed by atoms with Gasteiger partial charge in [-0.2, -0.15) is 0 Å². The van der Waals surface area contributed by atoms with Crippen LogP contribution in [0.1, 0.15) is 20.8 Å². The third kappa shape index (κ3) is 4.57. The average molecular weight is 228 g/mol. The average Bonchev–Trinajstić information content (AvgIpc) is 2.17. The number of nitrogens with one attached hydrogen (secondary N) is 2. The molecule has 0 atom stereocenters. The van der Waals surface area contributed by atoms with Crippen LogP contribution in [0.4, 0.5) is 14.5 Å². The highest BCUT2D eigenvalue weighted by atomic mass is 19.2. The fourth-order valence-electron chi connectivity index (χ4n) is 1.25. The van der Waals surface area contributed by atoms with E-state index < -0.39 is 11.6 Å². The number of anilines is 1. The molecule has 90 valence electrons. The van der Waals surface area contributed by atoms with Crippen molar-refractivity contribution in [1.82, 2.24) is 5.32 Å². The maximum atomic E-state index is 12.8. The lowest BCUT2D eigenvalue weighted by atomic mass is 10.1. The first-order valence-electron chi connectivity index (χ1n) is 5.32. The molecule has 1 aromatic rings. The smallest absolute Gasteiger partial charge is 0.160 e. The van der Waals surface area contributed by atoms with Crippen molar-refractivity contribution in [2.75, 3.05) is 18.4 Å². The standard InChI is InChI=1S/C12H18F2N2/c1-12(2,3)16-7-6-15-9-4-5-10(13)11(14)8-9/h4-5,8,15-16H,6-7H2,1-3H3. The Balaban J connectivity index is 2.35. The Morgan fingerprint density at radius 2 is 1.75 bits per heavy atom. The summed E-state index contributed by atoms with van der Waals surface area (Å²) in [6.07, 6.45) is 0. The zero-order valence-electron chi connectivity index (χ0n) is 9.90. The van der Waals surface area contributed by atoms with E-state index in [0.717, 1.165) is 18.7 Å². The van der Waals surface area contributed by atoms with Crippen LogP contribution < -0.4 is 10.6 Å². The summed E-state index contributed by atoms with van der Waals surface area (Å²) in [6.45, 7) is 7.66. The van der Waals surface area contributed by atoms with Gasteiger partial charge in [-0.1, -0.05) is 0 Å². The quantitative estimate of drug-likeness (QED) is 0.774. The molecule has 0 aliphatic carbocycles. The molecule has 0 saturated heterocycles. The Morgan fingerprint density at radius 1 is 1.06 bits per heavy atom. The number of rotatable bonds is 4. The van der Waals surface area contributed by atoms with Crippen molar-refractivity contribution in [1.29, 1.82) is 0 Å². The van der Waals surface area contributed by atoms with Gasteiger partial charge in [0.2, 0.25) is 0 Å². The minimum Gasteiger partial charge on any atom is -0.384 e. The molecule has 0 unspecified atom stereocenters. The van der Waals surface area contributed by atoms with E-state index in [-0.39, 0.29) is 5.54 Å². The van der Waals surface area contributed by atoms with Gasteiger partial charge in [-0.25, -0.2) is 8.78 Å². The highest BCUT2D eigenvalue weighted by Crippen LogP contribution is 2.12. The first-order valence-corrected chi connectivity index (χ1v) is 5.32. The Hall–Kier alpha value is -1.16. The molecular formula is C12H18F2N2. The minimum absolute atomic E-state index is 0.0652. The van der Waals surface area contributed by atoms with Gasteiger partial charge >= 0.3 is 0 Å². The maximum absolute atomic E-state index is 12.8. The Bertz CT molecular complexity index is 345. The van der Waals surface area contributed by atoms with Gasteiger partial charge in [-0.3, -0.25) is 0 Å². The van der Waals surface area contributed by atoms with Crippen LogP contribution >= 0.6 is 0 Å². The highest BCUT2D eigenvalue weighted by molar-refractivity contribution is 5.43. The van der Waals surface area contributed by atoms with E-state index in [9.17, 15) is 8.78 Å². The van der Waals surface area contributed by atoms with E-state index in [2.05, 4.69) is 31.4 Å². The molecule has 0 heterocycles. The summed E-state index contributed by atoms with van der Waals surface area (Å²) in [7, 11) is 0. The fraction of sp³-hybridized carbons (Fsp3) is 0.500. The summed E-state index contributed by atoms with van der Waals surface area (Å²) in [5.74, 6) is -1.65. The molecule has 0 bridgehead atoms. The van der Waals surface area contributed by atoms with Crippen LogP contribution in [-0.4, -0.2) is 18.6 Å². The predicted molar refractivity (Wildman–Crippen MR) is 62.6 cm³/mol. The van der Waals surface area contributed by atoms with E-state index in [0.29, 0.717) is 12.2 Å². The Labute approximate surface area is 95.1 Å². The summed E-state index contributed by atoms with van der Waals surface area (Å²) in [6, 6.07) is 3.80. The molecule has 1 rings (SSSR count). The van der Waals surface area contributed by atoms with Crippen molar-refractivity contribution in [2.24, 2.45) is 0 Å². The van der Waals surface area contributed by atoms with Crippen molar-refractivity contribution in [2.45, 2.75) is 26.3 Å². The molecule has 4 heteroatoms. The fourth-order valence-corrected chi connectivity index (χ4v) is 1.25. The number of halogens is 2. The zero-order valence-corrected chi connectivity index (χ0v) is 9.90. The molecule has 0 aromatic heterocycles. The van der Waals surface area contributed by atoms with Crippen LogP contribution in [0.25, 0.3) is 0 Å². The summed E-state index contributed by atoms with van der Waals surface area (Å²) < 4.78 is 25.5. The van der Waals surface area contributed by atoms with E-state index in [1.807, 2.05) is 0 Å². The molecule has 0 aliphatic heterocycles. The van der Waals surface area contributed by atoms with Gasteiger partial charge in [-0.15, -0.1) is 0 Å². The van der Waals surface area contributed by atoms with Gasteiger partial charge in [0.25, 0.3) is 0 Å². The first-order chi connectivity index (χ1) is 7.38. The molecule has 16 heavy (non-hydrogen) atoms. The van der Waals surface area contributed by atoms with Crippen molar-refractivity contribution in [3.05, 3.63) is 29.8 Å². The predicted octanol–water partition coefficient (Wildman–Crippen LogP) is 2.76. The lowest BCUT2D eigenvalue weighted by Gasteiger charge is -2.20. The molecule has 0 amide bonds. The topological polar surface area (TPSA) is 24.1 Å². The van der Waals surface area contributed by atoms with E-state index in [4.69, 9.17) is 0 Å². The van der Waals surface area contributed by atoms with Crippen LogP contribution in [0.15, 0.2) is 18.2 Å². The van der Waals surface area contributed by atoms with Crippen LogP contribution in [-0.2, 0) is 0 Å². The molecule has 2 nitrogen and oxygen atoms in total. The maximum Gasteiger partial charge on any atom is 0.160 e. The van der Waals surface area contributed by atoms with Crippen molar-refractivity contribution in [3.8, 4) is 0 Å². The van der Waals surface area contributed by atoms with E-state index in [1.165, 1.54) is 6.07 Å². The molecule has 2 N–H and O–H groups in total. The lowest BCUT2D eigenvalue weighted by molar-refractivity contribution is 0.435. The van der Waals surface area contributed by atoms with Crippen LogP contribution in [0.5, 0.6) is 0 Å². The Kier molecular flexibility index (Phi) is 4.24. The van der Waals surface area contributed by atoms with Crippen LogP contribution in [0.2, 0.25) is 0 Å². The number of hydrogen-bond acceptors (Lipinski definition) is 2. The molecule has 1 aromatic carbocycles. The van der Waals surface area contributed by atoms with Crippen molar-refractivity contribution < 1.29 is 8.78 Å². The number of benzene rings is 1. The molecular weight excluding hydrogens is 210 g/mol. The summed E-state index contributed by atoms with van der Waals surface area (Å²) in [4.78, 5) is 0. The van der Waals surface area contributed by atoms with Gasteiger partial charge in [-0.05, 0) is 39.0 Å². The van der Waals surface area contributed by atoms with Gasteiger partial charge in [0.1, 0.15) is 0 Å². The second kappa shape index (κ2) is 5.25. The Morgan fingerprint density at radius 3 is 2.31 bits per heavy atom. The van der Waals surface area contributed by atoms with Crippen LogP contribution in [0.3, 0.4) is 0 Å². The van der Waals surface area contributed by atoms with E-state index >= 15 is 0 Å². The molecule has 0 spiro atoms. The monoisotopic (exact) mass is 228 g/mol.